The molecular weight excluding hydrogens is 398 g/mol. The van der Waals surface area contributed by atoms with Gasteiger partial charge in [-0.3, -0.25) is 9.59 Å². The molecule has 1 N–H and O–H groups in total. The predicted octanol–water partition coefficient (Wildman–Crippen LogP) is 4.42. The quantitative estimate of drug-likeness (QED) is 0.739. The molecule has 2 atom stereocenters. The Morgan fingerprint density at radius 3 is 2.53 bits per heavy atom. The Morgan fingerprint density at radius 2 is 1.88 bits per heavy atom. The molecule has 5 nitrogen and oxygen atoms in total. The molecule has 1 aliphatic carbocycles. The van der Waals surface area contributed by atoms with Crippen LogP contribution in [0, 0.1) is 5.41 Å². The van der Waals surface area contributed by atoms with Gasteiger partial charge in [0.25, 0.3) is 0 Å². The Kier molecular flexibility index (Phi) is 6.67. The van der Waals surface area contributed by atoms with Crippen molar-refractivity contribution in [3.63, 3.8) is 0 Å². The smallest absolute Gasteiger partial charge is 0.242 e. The van der Waals surface area contributed by atoms with Crippen molar-refractivity contribution in [2.45, 2.75) is 90.1 Å². The largest absolute Gasteiger partial charge is 0.348 e. The van der Waals surface area contributed by atoms with E-state index in [1.165, 1.54) is 36.9 Å². The average Bonchev–Trinajstić information content (AvgIpc) is 3.20. The van der Waals surface area contributed by atoms with Crippen molar-refractivity contribution < 1.29 is 9.59 Å². The second kappa shape index (κ2) is 9.17. The average molecular weight is 440 g/mol. The highest BCUT2D eigenvalue weighted by atomic mass is 16.2. The first kappa shape index (κ1) is 23.3. The molecule has 3 aliphatic rings. The molecule has 2 saturated heterocycles. The molecule has 2 amide bonds. The van der Waals surface area contributed by atoms with E-state index < -0.39 is 0 Å². The van der Waals surface area contributed by atoms with E-state index in [9.17, 15) is 9.59 Å². The number of piperidine rings is 1. The summed E-state index contributed by atoms with van der Waals surface area (Å²) in [6.07, 6.45) is 7.17. The van der Waals surface area contributed by atoms with E-state index in [1.54, 1.807) is 4.90 Å². The van der Waals surface area contributed by atoms with Gasteiger partial charge in [0.05, 0.1) is 6.04 Å². The molecule has 1 spiro atoms. The van der Waals surface area contributed by atoms with Gasteiger partial charge in [0, 0.05) is 13.0 Å². The number of hydrogen-bond donors (Lipinski definition) is 1. The highest BCUT2D eigenvalue weighted by molar-refractivity contribution is 5.88. The van der Waals surface area contributed by atoms with Gasteiger partial charge < -0.3 is 15.1 Å². The second-order valence-electron chi connectivity index (χ2n) is 11.5. The van der Waals surface area contributed by atoms with Crippen molar-refractivity contribution in [3.8, 4) is 0 Å². The zero-order valence-electron chi connectivity index (χ0n) is 20.5. The molecule has 2 fully saturated rings. The molecule has 0 aromatic heterocycles. The lowest BCUT2D eigenvalue weighted by Gasteiger charge is -2.47. The van der Waals surface area contributed by atoms with Crippen molar-refractivity contribution in [1.29, 1.82) is 0 Å². The maximum absolute atomic E-state index is 13.0. The molecule has 32 heavy (non-hydrogen) atoms. The molecule has 0 saturated carbocycles. The van der Waals surface area contributed by atoms with E-state index in [1.807, 2.05) is 6.92 Å². The molecular formula is C27H41N3O2. The number of benzene rings is 1. The third-order valence-corrected chi connectivity index (χ3v) is 8.08. The molecule has 2 aliphatic heterocycles. The molecule has 4 rings (SSSR count). The summed E-state index contributed by atoms with van der Waals surface area (Å²) < 4.78 is 0. The fraction of sp³-hybridized carbons (Fsp3) is 0.704. The van der Waals surface area contributed by atoms with E-state index >= 15 is 0 Å². The Hall–Kier alpha value is -1.88. The Bertz CT molecular complexity index is 836. The number of carbonyl (C=O) groups is 2. The molecule has 176 valence electrons. The summed E-state index contributed by atoms with van der Waals surface area (Å²) in [6.45, 7) is 13.0. The zero-order valence-corrected chi connectivity index (χ0v) is 20.5. The number of rotatable bonds is 5. The molecule has 0 bridgehead atoms. The normalized spacial score (nSPS) is 24.4. The summed E-state index contributed by atoms with van der Waals surface area (Å²) >= 11 is 0. The number of likely N-dealkylation sites (tertiary alicyclic amines) is 2. The summed E-state index contributed by atoms with van der Waals surface area (Å²) in [7, 11) is 0. The fourth-order valence-corrected chi connectivity index (χ4v) is 5.87. The summed E-state index contributed by atoms with van der Waals surface area (Å²) in [6, 6.07) is 8.41. The molecule has 1 aromatic carbocycles. The Balaban J connectivity index is 1.43. The van der Waals surface area contributed by atoms with Crippen LogP contribution in [0.4, 0.5) is 0 Å². The lowest BCUT2D eigenvalue weighted by molar-refractivity contribution is -0.137. The number of amides is 2. The van der Waals surface area contributed by atoms with Crippen LogP contribution in [-0.2, 0) is 15.0 Å². The van der Waals surface area contributed by atoms with Crippen LogP contribution in [0.15, 0.2) is 24.3 Å². The van der Waals surface area contributed by atoms with Gasteiger partial charge in [-0.05, 0) is 87.0 Å². The van der Waals surface area contributed by atoms with Crippen molar-refractivity contribution >= 4 is 11.8 Å². The molecule has 5 heteroatoms. The summed E-state index contributed by atoms with van der Waals surface area (Å²) in [5.74, 6) is 0.0851. The number of nitrogens with zero attached hydrogens (tertiary/aromatic N) is 2. The summed E-state index contributed by atoms with van der Waals surface area (Å²) in [4.78, 5) is 29.5. The number of nitrogens with one attached hydrogen (secondary N) is 1. The fourth-order valence-electron chi connectivity index (χ4n) is 5.87. The first-order valence-electron chi connectivity index (χ1n) is 12.6. The second-order valence-corrected chi connectivity index (χ2v) is 11.5. The van der Waals surface area contributed by atoms with Crippen LogP contribution in [0.25, 0.3) is 0 Å². The Labute approximate surface area is 193 Å². The van der Waals surface area contributed by atoms with Crippen LogP contribution >= 0.6 is 0 Å². The van der Waals surface area contributed by atoms with Crippen LogP contribution in [0.1, 0.15) is 89.8 Å². The minimum absolute atomic E-state index is 0.0204. The topological polar surface area (TPSA) is 52.7 Å². The zero-order chi connectivity index (χ0) is 22.9. The van der Waals surface area contributed by atoms with E-state index in [-0.39, 0.29) is 29.3 Å². The van der Waals surface area contributed by atoms with E-state index in [0.717, 1.165) is 32.4 Å². The third kappa shape index (κ3) is 4.88. The maximum atomic E-state index is 13.0. The van der Waals surface area contributed by atoms with Crippen molar-refractivity contribution in [1.82, 2.24) is 15.1 Å². The summed E-state index contributed by atoms with van der Waals surface area (Å²) in [5.41, 5.74) is 3.36. The standard InChI is InChI=1S/C27H41N3O2/c1-20(30-16-7-10-24(30)31)25(32)28-23-11-12-27(22-9-6-5-8-21(22)23)14-18-29(19-15-27)17-13-26(2,3)4/h5-6,8-9,20,23H,7,10-19H2,1-4H3,(H,28,32)/t20-,23-/m0/s1. The van der Waals surface area contributed by atoms with Crippen LogP contribution in [0.5, 0.6) is 0 Å². The lowest BCUT2D eigenvalue weighted by atomic mass is 9.63. The van der Waals surface area contributed by atoms with Gasteiger partial charge in [-0.25, -0.2) is 0 Å². The van der Waals surface area contributed by atoms with Crippen LogP contribution in [0.3, 0.4) is 0 Å². The van der Waals surface area contributed by atoms with E-state index in [4.69, 9.17) is 0 Å². The highest BCUT2D eigenvalue weighted by Gasteiger charge is 2.42. The number of carbonyl (C=O) groups excluding carboxylic acids is 2. The first-order valence-corrected chi connectivity index (χ1v) is 12.6. The van der Waals surface area contributed by atoms with Gasteiger partial charge in [-0.1, -0.05) is 45.0 Å². The summed E-state index contributed by atoms with van der Waals surface area (Å²) in [5, 5.41) is 3.30. The Morgan fingerprint density at radius 1 is 1.16 bits per heavy atom. The van der Waals surface area contributed by atoms with Crippen molar-refractivity contribution in [2.75, 3.05) is 26.2 Å². The molecule has 0 unspecified atom stereocenters. The SMILES string of the molecule is C[C@@H](C(=O)N[C@H]1CCC2(CCN(CCC(C)(C)C)CC2)c2ccccc21)N1CCCC1=O. The van der Waals surface area contributed by atoms with Gasteiger partial charge in [-0.2, -0.15) is 0 Å². The number of hydrogen-bond acceptors (Lipinski definition) is 3. The van der Waals surface area contributed by atoms with Crippen molar-refractivity contribution in [2.24, 2.45) is 5.41 Å². The van der Waals surface area contributed by atoms with Gasteiger partial charge in [0.2, 0.25) is 11.8 Å². The first-order chi connectivity index (χ1) is 15.2. The lowest BCUT2D eigenvalue weighted by Crippen LogP contribution is -2.49. The molecule has 0 radical (unpaired) electrons. The third-order valence-electron chi connectivity index (χ3n) is 8.08. The monoisotopic (exact) mass is 439 g/mol. The van der Waals surface area contributed by atoms with Crippen LogP contribution in [-0.4, -0.2) is 53.8 Å². The van der Waals surface area contributed by atoms with Gasteiger partial charge in [-0.15, -0.1) is 0 Å². The number of fused-ring (bicyclic) bond motifs is 2. The van der Waals surface area contributed by atoms with Gasteiger partial charge in [0.1, 0.15) is 6.04 Å². The minimum Gasteiger partial charge on any atom is -0.348 e. The van der Waals surface area contributed by atoms with E-state index in [0.29, 0.717) is 18.4 Å². The minimum atomic E-state index is -0.390. The van der Waals surface area contributed by atoms with Gasteiger partial charge in [0.15, 0.2) is 0 Å². The van der Waals surface area contributed by atoms with E-state index in [2.05, 4.69) is 55.3 Å². The van der Waals surface area contributed by atoms with Crippen LogP contribution in [0.2, 0.25) is 0 Å². The van der Waals surface area contributed by atoms with Gasteiger partial charge >= 0.3 is 0 Å². The molecule has 1 aromatic rings. The predicted molar refractivity (Wildman–Crippen MR) is 128 cm³/mol. The van der Waals surface area contributed by atoms with Crippen LogP contribution < -0.4 is 5.32 Å². The highest BCUT2D eigenvalue weighted by Crippen LogP contribution is 2.48. The molecule has 2 heterocycles. The maximum Gasteiger partial charge on any atom is 0.242 e. The van der Waals surface area contributed by atoms with Crippen molar-refractivity contribution in [3.05, 3.63) is 35.4 Å².